The van der Waals surface area contributed by atoms with Gasteiger partial charge in [0.05, 0.1) is 24.5 Å². The van der Waals surface area contributed by atoms with Gasteiger partial charge >= 0.3 is 6.61 Å². The van der Waals surface area contributed by atoms with Gasteiger partial charge in [-0.25, -0.2) is 9.67 Å². The molecule has 9 heteroatoms. The first kappa shape index (κ1) is 23.6. The SMILES string of the molecule is CCNC(=NCc1ccccc1OC(F)F)NCc1ccn(-c2ccccc2)n1.I. The van der Waals surface area contributed by atoms with E-state index in [4.69, 9.17) is 0 Å². The van der Waals surface area contributed by atoms with Gasteiger partial charge in [0.2, 0.25) is 0 Å². The summed E-state index contributed by atoms with van der Waals surface area (Å²) in [5, 5.41) is 10.9. The molecule has 0 unspecified atom stereocenters. The molecule has 6 nitrogen and oxygen atoms in total. The quantitative estimate of drug-likeness (QED) is 0.260. The number of ether oxygens (including phenoxy) is 1. The second-order valence-corrected chi connectivity index (χ2v) is 6.12. The smallest absolute Gasteiger partial charge is 0.387 e. The monoisotopic (exact) mass is 527 g/mol. The number of nitrogens with zero attached hydrogens (tertiary/aromatic N) is 3. The van der Waals surface area contributed by atoms with Crippen molar-refractivity contribution in [3.05, 3.63) is 78.1 Å². The van der Waals surface area contributed by atoms with Crippen molar-refractivity contribution in [2.24, 2.45) is 4.99 Å². The van der Waals surface area contributed by atoms with Gasteiger partial charge in [0, 0.05) is 18.3 Å². The van der Waals surface area contributed by atoms with Gasteiger partial charge in [-0.1, -0.05) is 36.4 Å². The molecular formula is C21H24F2IN5O. The maximum Gasteiger partial charge on any atom is 0.387 e. The Morgan fingerprint density at radius 1 is 1.07 bits per heavy atom. The van der Waals surface area contributed by atoms with E-state index < -0.39 is 6.61 Å². The maximum absolute atomic E-state index is 12.6. The molecule has 2 N–H and O–H groups in total. The Bertz CT molecular complexity index is 934. The fourth-order valence-corrected chi connectivity index (χ4v) is 2.71. The topological polar surface area (TPSA) is 63.5 Å². The van der Waals surface area contributed by atoms with Crippen LogP contribution < -0.4 is 15.4 Å². The summed E-state index contributed by atoms with van der Waals surface area (Å²) < 4.78 is 31.5. The van der Waals surface area contributed by atoms with Crippen LogP contribution in [0.25, 0.3) is 5.69 Å². The first-order valence-electron chi connectivity index (χ1n) is 9.30. The zero-order valence-corrected chi connectivity index (χ0v) is 18.8. The number of rotatable bonds is 8. The third-order valence-corrected chi connectivity index (χ3v) is 4.04. The first-order valence-corrected chi connectivity index (χ1v) is 9.30. The molecule has 1 aromatic heterocycles. The predicted molar refractivity (Wildman–Crippen MR) is 124 cm³/mol. The van der Waals surface area contributed by atoms with E-state index in [1.165, 1.54) is 6.07 Å². The zero-order chi connectivity index (χ0) is 20.5. The molecule has 3 rings (SSSR count). The number of hydrogen-bond acceptors (Lipinski definition) is 3. The number of benzene rings is 2. The van der Waals surface area contributed by atoms with Crippen LogP contribution in [0, 0.1) is 0 Å². The molecule has 1 heterocycles. The third-order valence-electron chi connectivity index (χ3n) is 4.04. The van der Waals surface area contributed by atoms with Crippen molar-refractivity contribution in [2.45, 2.75) is 26.6 Å². The number of aromatic nitrogens is 2. The Hall–Kier alpha value is -2.69. The molecule has 0 aliphatic carbocycles. The predicted octanol–water partition coefficient (Wildman–Crippen LogP) is 4.35. The van der Waals surface area contributed by atoms with Crippen molar-refractivity contribution in [3.63, 3.8) is 0 Å². The Labute approximate surface area is 191 Å². The van der Waals surface area contributed by atoms with Crippen LogP contribution in [0.1, 0.15) is 18.2 Å². The molecule has 0 amide bonds. The fourth-order valence-electron chi connectivity index (χ4n) is 2.71. The lowest BCUT2D eigenvalue weighted by atomic mass is 10.2. The summed E-state index contributed by atoms with van der Waals surface area (Å²) in [5.74, 6) is 0.692. The summed E-state index contributed by atoms with van der Waals surface area (Å²) in [6.45, 7) is 0.429. The first-order chi connectivity index (χ1) is 14.2. The molecule has 0 spiro atoms. The minimum Gasteiger partial charge on any atom is -0.434 e. The van der Waals surface area contributed by atoms with E-state index >= 15 is 0 Å². The van der Waals surface area contributed by atoms with E-state index in [1.807, 2.05) is 49.5 Å². The molecule has 0 radical (unpaired) electrons. The third kappa shape index (κ3) is 6.97. The normalized spacial score (nSPS) is 11.1. The van der Waals surface area contributed by atoms with E-state index in [0.29, 0.717) is 24.6 Å². The van der Waals surface area contributed by atoms with Crippen LogP contribution >= 0.6 is 24.0 Å². The second-order valence-electron chi connectivity index (χ2n) is 6.12. The van der Waals surface area contributed by atoms with Crippen molar-refractivity contribution < 1.29 is 13.5 Å². The average Bonchev–Trinajstić information content (AvgIpc) is 3.20. The highest BCUT2D eigenvalue weighted by Gasteiger charge is 2.09. The van der Waals surface area contributed by atoms with Gasteiger partial charge in [-0.05, 0) is 31.2 Å². The zero-order valence-electron chi connectivity index (χ0n) is 16.5. The van der Waals surface area contributed by atoms with Crippen LogP contribution in [-0.2, 0) is 13.1 Å². The number of nitrogens with one attached hydrogen (secondary N) is 2. The Kier molecular flexibility index (Phi) is 9.52. The van der Waals surface area contributed by atoms with Crippen molar-refractivity contribution in [2.75, 3.05) is 6.54 Å². The van der Waals surface area contributed by atoms with Crippen LogP contribution in [0.2, 0.25) is 0 Å². The number of halogens is 3. The summed E-state index contributed by atoms with van der Waals surface area (Å²) in [6, 6.07) is 18.4. The lowest BCUT2D eigenvalue weighted by Crippen LogP contribution is -2.36. The van der Waals surface area contributed by atoms with Crippen LogP contribution in [0.15, 0.2) is 71.9 Å². The fraction of sp³-hybridized carbons (Fsp3) is 0.238. The number of guanidine groups is 1. The Morgan fingerprint density at radius 3 is 2.53 bits per heavy atom. The Balaban J connectivity index is 0.00000320. The highest BCUT2D eigenvalue weighted by molar-refractivity contribution is 14.0. The average molecular weight is 527 g/mol. The van der Waals surface area contributed by atoms with Crippen LogP contribution in [0.5, 0.6) is 5.75 Å². The number of alkyl halides is 2. The van der Waals surface area contributed by atoms with Gasteiger partial charge in [0.1, 0.15) is 5.75 Å². The van der Waals surface area contributed by atoms with Gasteiger partial charge in [0.15, 0.2) is 5.96 Å². The molecule has 0 saturated heterocycles. The summed E-state index contributed by atoms with van der Waals surface area (Å²) in [5.41, 5.74) is 2.41. The highest BCUT2D eigenvalue weighted by Crippen LogP contribution is 2.20. The summed E-state index contributed by atoms with van der Waals surface area (Å²) in [6.07, 6.45) is 1.90. The minimum atomic E-state index is -2.87. The maximum atomic E-state index is 12.6. The molecule has 0 aliphatic heterocycles. The van der Waals surface area contributed by atoms with Gasteiger partial charge < -0.3 is 15.4 Å². The van der Waals surface area contributed by atoms with Crippen LogP contribution in [-0.4, -0.2) is 28.9 Å². The van der Waals surface area contributed by atoms with Gasteiger partial charge in [-0.15, -0.1) is 24.0 Å². The number of hydrogen-bond donors (Lipinski definition) is 2. The largest absolute Gasteiger partial charge is 0.434 e. The number of para-hydroxylation sites is 2. The summed E-state index contributed by atoms with van der Waals surface area (Å²) >= 11 is 0. The summed E-state index contributed by atoms with van der Waals surface area (Å²) in [4.78, 5) is 4.47. The summed E-state index contributed by atoms with van der Waals surface area (Å²) in [7, 11) is 0. The molecule has 0 fully saturated rings. The van der Waals surface area contributed by atoms with Gasteiger partial charge in [-0.2, -0.15) is 13.9 Å². The van der Waals surface area contributed by atoms with Crippen molar-refractivity contribution in [1.29, 1.82) is 0 Å². The van der Waals surface area contributed by atoms with E-state index in [0.717, 1.165) is 11.4 Å². The molecule has 2 aromatic carbocycles. The van der Waals surface area contributed by atoms with Gasteiger partial charge in [0.25, 0.3) is 0 Å². The lowest BCUT2D eigenvalue weighted by molar-refractivity contribution is -0.0504. The molecule has 0 saturated carbocycles. The molecule has 0 bridgehead atoms. The van der Waals surface area contributed by atoms with E-state index in [1.54, 1.807) is 22.9 Å². The standard InChI is InChI=1S/C21H23F2N5O.HI/c1-2-24-21(25-14-16-8-6-7-11-19(16)29-20(22)23)26-15-17-12-13-28(27-17)18-9-4-3-5-10-18;/h3-13,20H,2,14-15H2,1H3,(H2,24,25,26);1H. The molecule has 160 valence electrons. The van der Waals surface area contributed by atoms with Gasteiger partial charge in [-0.3, -0.25) is 0 Å². The van der Waals surface area contributed by atoms with Crippen molar-refractivity contribution in [1.82, 2.24) is 20.4 Å². The Morgan fingerprint density at radius 2 is 1.80 bits per heavy atom. The molecule has 0 atom stereocenters. The van der Waals surface area contributed by atoms with E-state index in [2.05, 4.69) is 25.5 Å². The second kappa shape index (κ2) is 12.1. The lowest BCUT2D eigenvalue weighted by Gasteiger charge is -2.12. The molecule has 30 heavy (non-hydrogen) atoms. The minimum absolute atomic E-state index is 0. The number of aliphatic imine (C=N–C) groups is 1. The van der Waals surface area contributed by atoms with E-state index in [9.17, 15) is 8.78 Å². The highest BCUT2D eigenvalue weighted by atomic mass is 127. The van der Waals surface area contributed by atoms with Crippen molar-refractivity contribution >= 4 is 29.9 Å². The molecular weight excluding hydrogens is 503 g/mol. The molecule has 0 aliphatic rings. The van der Waals surface area contributed by atoms with Crippen LogP contribution in [0.3, 0.4) is 0 Å². The van der Waals surface area contributed by atoms with Crippen LogP contribution in [0.4, 0.5) is 8.78 Å². The molecule has 3 aromatic rings. The van der Waals surface area contributed by atoms with E-state index in [-0.39, 0.29) is 36.3 Å². The van der Waals surface area contributed by atoms with Crippen molar-refractivity contribution in [3.8, 4) is 11.4 Å².